The van der Waals surface area contributed by atoms with Crippen molar-refractivity contribution in [3.63, 3.8) is 0 Å². The van der Waals surface area contributed by atoms with E-state index in [1.807, 2.05) is 0 Å². The molecule has 1 heterocycles. The predicted octanol–water partition coefficient (Wildman–Crippen LogP) is 0.868. The second kappa shape index (κ2) is 6.46. The number of nitrogens with one attached hydrogen (secondary N) is 1. The summed E-state index contributed by atoms with van der Waals surface area (Å²) in [6.45, 7) is 7.16. The lowest BCUT2D eigenvalue weighted by Crippen LogP contribution is -2.49. The summed E-state index contributed by atoms with van der Waals surface area (Å²) in [5, 5.41) is 3.49. The number of likely N-dealkylation sites (N-methyl/N-ethyl adjacent to an activating group) is 1. The highest BCUT2D eigenvalue weighted by atomic mass is 15.2. The second-order valence-corrected chi connectivity index (χ2v) is 5.17. The largest absolute Gasteiger partial charge is 0.315 e. The van der Waals surface area contributed by atoms with Gasteiger partial charge in [0.15, 0.2) is 0 Å². The van der Waals surface area contributed by atoms with Gasteiger partial charge in [0.25, 0.3) is 0 Å². The molecule has 90 valence electrons. The molecule has 0 aromatic rings. The van der Waals surface area contributed by atoms with E-state index in [0.29, 0.717) is 0 Å². The molecular weight excluding hydrogens is 186 g/mol. The highest BCUT2D eigenvalue weighted by molar-refractivity contribution is 4.81. The molecule has 0 amide bonds. The normalized spacial score (nSPS) is 27.6. The topological polar surface area (TPSA) is 18.5 Å². The van der Waals surface area contributed by atoms with Crippen LogP contribution in [0.5, 0.6) is 0 Å². The van der Waals surface area contributed by atoms with Crippen LogP contribution in [-0.2, 0) is 0 Å². The maximum atomic E-state index is 3.49. The van der Waals surface area contributed by atoms with Gasteiger partial charge in [0, 0.05) is 12.6 Å². The summed E-state index contributed by atoms with van der Waals surface area (Å²) in [7, 11) is 6.55. The number of hydrogen-bond acceptors (Lipinski definition) is 3. The van der Waals surface area contributed by atoms with Gasteiger partial charge in [-0.15, -0.1) is 0 Å². The van der Waals surface area contributed by atoms with Crippen molar-refractivity contribution in [1.29, 1.82) is 0 Å². The molecule has 2 atom stereocenters. The van der Waals surface area contributed by atoms with Crippen LogP contribution in [0, 0.1) is 5.92 Å². The van der Waals surface area contributed by atoms with Crippen LogP contribution in [0.2, 0.25) is 0 Å². The van der Waals surface area contributed by atoms with Crippen LogP contribution in [0.25, 0.3) is 0 Å². The molecule has 0 saturated carbocycles. The monoisotopic (exact) mass is 213 g/mol. The molecule has 1 saturated heterocycles. The molecule has 0 bridgehead atoms. The molecule has 15 heavy (non-hydrogen) atoms. The molecule has 0 aromatic heterocycles. The quantitative estimate of drug-likeness (QED) is 0.731. The minimum absolute atomic E-state index is 0.737. The van der Waals surface area contributed by atoms with E-state index in [9.17, 15) is 0 Å². The zero-order chi connectivity index (χ0) is 11.3. The zero-order valence-corrected chi connectivity index (χ0v) is 10.8. The maximum absolute atomic E-state index is 3.49. The summed E-state index contributed by atoms with van der Waals surface area (Å²) < 4.78 is 0. The average Bonchev–Trinajstić information content (AvgIpc) is 2.17. The van der Waals surface area contributed by atoms with Gasteiger partial charge in [-0.1, -0.05) is 6.92 Å². The molecule has 0 aromatic carbocycles. The summed E-state index contributed by atoms with van der Waals surface area (Å²) in [4.78, 5) is 4.79. The maximum Gasteiger partial charge on any atom is 0.0243 e. The first-order chi connectivity index (χ1) is 7.11. The standard InChI is InChI=1S/C12H27N3/c1-11-6-7-13-10-12(11)15(4)9-5-8-14(2)3/h11-13H,5-10H2,1-4H3. The van der Waals surface area contributed by atoms with Crippen molar-refractivity contribution in [1.82, 2.24) is 15.1 Å². The van der Waals surface area contributed by atoms with Gasteiger partial charge < -0.3 is 15.1 Å². The van der Waals surface area contributed by atoms with Crippen molar-refractivity contribution in [2.75, 3.05) is 47.3 Å². The summed E-state index contributed by atoms with van der Waals surface area (Å²) in [5.74, 6) is 0.843. The first kappa shape index (κ1) is 12.9. The Balaban J connectivity index is 2.22. The Morgan fingerprint density at radius 2 is 1.93 bits per heavy atom. The molecule has 0 aliphatic carbocycles. The smallest absolute Gasteiger partial charge is 0.0243 e. The molecule has 1 fully saturated rings. The Morgan fingerprint density at radius 3 is 2.53 bits per heavy atom. The van der Waals surface area contributed by atoms with Gasteiger partial charge in [-0.2, -0.15) is 0 Å². The Labute approximate surface area is 94.8 Å². The third-order valence-electron chi connectivity index (χ3n) is 3.47. The molecule has 0 radical (unpaired) electrons. The number of rotatable bonds is 5. The van der Waals surface area contributed by atoms with E-state index in [0.717, 1.165) is 12.0 Å². The predicted molar refractivity (Wildman–Crippen MR) is 66.2 cm³/mol. The molecule has 1 aliphatic heterocycles. The van der Waals surface area contributed by atoms with Gasteiger partial charge in [-0.25, -0.2) is 0 Å². The summed E-state index contributed by atoms with van der Waals surface area (Å²) >= 11 is 0. The third-order valence-corrected chi connectivity index (χ3v) is 3.47. The van der Waals surface area contributed by atoms with Gasteiger partial charge in [-0.3, -0.25) is 0 Å². The lowest BCUT2D eigenvalue weighted by atomic mass is 9.93. The Bertz CT molecular complexity index is 170. The second-order valence-electron chi connectivity index (χ2n) is 5.17. The summed E-state index contributed by atoms with van der Waals surface area (Å²) in [6.07, 6.45) is 2.59. The fourth-order valence-electron chi connectivity index (χ4n) is 2.37. The van der Waals surface area contributed by atoms with Crippen molar-refractivity contribution in [2.45, 2.75) is 25.8 Å². The minimum Gasteiger partial charge on any atom is -0.315 e. The van der Waals surface area contributed by atoms with Crippen molar-refractivity contribution in [3.05, 3.63) is 0 Å². The highest BCUT2D eigenvalue weighted by Gasteiger charge is 2.24. The number of nitrogens with zero attached hydrogens (tertiary/aromatic N) is 2. The third kappa shape index (κ3) is 4.49. The van der Waals surface area contributed by atoms with Gasteiger partial charge in [0.2, 0.25) is 0 Å². The molecule has 1 aliphatic rings. The van der Waals surface area contributed by atoms with Gasteiger partial charge in [-0.05, 0) is 59.5 Å². The van der Waals surface area contributed by atoms with E-state index in [4.69, 9.17) is 0 Å². The van der Waals surface area contributed by atoms with E-state index < -0.39 is 0 Å². The van der Waals surface area contributed by atoms with E-state index in [1.165, 1.54) is 39.0 Å². The lowest BCUT2D eigenvalue weighted by molar-refractivity contribution is 0.146. The zero-order valence-electron chi connectivity index (χ0n) is 10.8. The molecule has 3 heteroatoms. The summed E-state index contributed by atoms with van der Waals surface area (Å²) in [5.41, 5.74) is 0. The first-order valence-corrected chi connectivity index (χ1v) is 6.17. The van der Waals surface area contributed by atoms with Gasteiger partial charge in [0.1, 0.15) is 0 Å². The van der Waals surface area contributed by atoms with E-state index in [2.05, 4.69) is 43.2 Å². The average molecular weight is 213 g/mol. The van der Waals surface area contributed by atoms with Crippen LogP contribution in [0.1, 0.15) is 19.8 Å². The van der Waals surface area contributed by atoms with Gasteiger partial charge in [0.05, 0.1) is 0 Å². The van der Waals surface area contributed by atoms with Crippen LogP contribution in [0.3, 0.4) is 0 Å². The van der Waals surface area contributed by atoms with E-state index >= 15 is 0 Å². The van der Waals surface area contributed by atoms with E-state index in [-0.39, 0.29) is 0 Å². The first-order valence-electron chi connectivity index (χ1n) is 6.17. The molecule has 1 rings (SSSR count). The molecule has 0 spiro atoms. The van der Waals surface area contributed by atoms with Crippen LogP contribution < -0.4 is 5.32 Å². The van der Waals surface area contributed by atoms with Crippen LogP contribution in [0.4, 0.5) is 0 Å². The van der Waals surface area contributed by atoms with Crippen LogP contribution in [0.15, 0.2) is 0 Å². The lowest BCUT2D eigenvalue weighted by Gasteiger charge is -2.36. The fourth-order valence-corrected chi connectivity index (χ4v) is 2.37. The van der Waals surface area contributed by atoms with Crippen LogP contribution >= 0.6 is 0 Å². The van der Waals surface area contributed by atoms with Crippen molar-refractivity contribution >= 4 is 0 Å². The van der Waals surface area contributed by atoms with Crippen molar-refractivity contribution in [2.24, 2.45) is 5.92 Å². The van der Waals surface area contributed by atoms with Crippen LogP contribution in [-0.4, -0.2) is 63.2 Å². The fraction of sp³-hybridized carbons (Fsp3) is 1.00. The number of piperidine rings is 1. The number of hydrogen-bond donors (Lipinski definition) is 1. The molecule has 2 unspecified atom stereocenters. The molecule has 1 N–H and O–H groups in total. The van der Waals surface area contributed by atoms with E-state index in [1.54, 1.807) is 0 Å². The molecule has 3 nitrogen and oxygen atoms in total. The SMILES string of the molecule is CC1CCNCC1N(C)CCCN(C)C. The van der Waals surface area contributed by atoms with Crippen molar-refractivity contribution < 1.29 is 0 Å². The summed E-state index contributed by atoms with van der Waals surface area (Å²) in [6, 6.07) is 0.737. The van der Waals surface area contributed by atoms with Crippen molar-refractivity contribution in [3.8, 4) is 0 Å². The Kier molecular flexibility index (Phi) is 5.58. The Hall–Kier alpha value is -0.120. The molecular formula is C12H27N3. The Morgan fingerprint density at radius 1 is 1.20 bits per heavy atom. The highest BCUT2D eigenvalue weighted by Crippen LogP contribution is 2.16. The van der Waals surface area contributed by atoms with Gasteiger partial charge >= 0.3 is 0 Å². The minimum atomic E-state index is 0.737.